The molecule has 0 bridgehead atoms. The minimum absolute atomic E-state index is 0.175. The summed E-state index contributed by atoms with van der Waals surface area (Å²) < 4.78 is 3.03. The van der Waals surface area contributed by atoms with Crippen molar-refractivity contribution in [3.8, 4) is 0 Å². The molecular weight excluding hydrogens is 304 g/mol. The van der Waals surface area contributed by atoms with Gasteiger partial charge in [-0.25, -0.2) is 0 Å². The van der Waals surface area contributed by atoms with Gasteiger partial charge in [0.1, 0.15) is 5.69 Å². The van der Waals surface area contributed by atoms with E-state index in [1.807, 2.05) is 17.2 Å². The fourth-order valence-corrected chi connectivity index (χ4v) is 3.19. The maximum Gasteiger partial charge on any atom is 0.270 e. The second kappa shape index (κ2) is 6.12. The summed E-state index contributed by atoms with van der Waals surface area (Å²) >= 11 is 3.47. The molecule has 106 valence electrons. The number of carbonyl (C=O) groups is 1. The van der Waals surface area contributed by atoms with Gasteiger partial charge < -0.3 is 9.47 Å². The zero-order chi connectivity index (χ0) is 14.0. The lowest BCUT2D eigenvalue weighted by atomic mass is 9.94. The highest BCUT2D eigenvalue weighted by Crippen LogP contribution is 2.24. The van der Waals surface area contributed by atoms with Crippen LogP contribution in [0.25, 0.3) is 0 Å². The normalized spacial score (nSPS) is 17.2. The van der Waals surface area contributed by atoms with Crippen LogP contribution in [0.15, 0.2) is 16.7 Å². The molecule has 1 saturated heterocycles. The first-order valence-corrected chi connectivity index (χ1v) is 7.98. The van der Waals surface area contributed by atoms with Gasteiger partial charge in [-0.1, -0.05) is 13.3 Å². The molecule has 2 rings (SSSR count). The van der Waals surface area contributed by atoms with Crippen LogP contribution in [-0.4, -0.2) is 28.5 Å². The van der Waals surface area contributed by atoms with Crippen molar-refractivity contribution in [1.82, 2.24) is 9.47 Å². The summed E-state index contributed by atoms with van der Waals surface area (Å²) in [6, 6.07) is 2.24. The molecule has 1 aromatic rings. The van der Waals surface area contributed by atoms with E-state index in [1.165, 1.54) is 6.42 Å². The number of piperidine rings is 1. The van der Waals surface area contributed by atoms with Gasteiger partial charge in [-0.3, -0.25) is 4.79 Å². The molecule has 0 N–H and O–H groups in total. The molecule has 1 fully saturated rings. The Labute approximate surface area is 124 Å². The third-order valence-electron chi connectivity index (χ3n) is 4.07. The summed E-state index contributed by atoms with van der Waals surface area (Å²) in [6.07, 6.45) is 5.52. The molecule has 0 radical (unpaired) electrons. The van der Waals surface area contributed by atoms with Gasteiger partial charge in [-0.2, -0.15) is 0 Å². The van der Waals surface area contributed by atoms with Crippen molar-refractivity contribution in [3.05, 3.63) is 22.4 Å². The zero-order valence-corrected chi connectivity index (χ0v) is 13.6. The molecule has 0 saturated carbocycles. The van der Waals surface area contributed by atoms with Gasteiger partial charge in [0.15, 0.2) is 0 Å². The highest BCUT2D eigenvalue weighted by Gasteiger charge is 2.25. The Morgan fingerprint density at radius 1 is 1.42 bits per heavy atom. The molecular formula is C15H23BrN2O. The van der Waals surface area contributed by atoms with Gasteiger partial charge >= 0.3 is 0 Å². The van der Waals surface area contributed by atoms with Crippen LogP contribution in [0.2, 0.25) is 0 Å². The van der Waals surface area contributed by atoms with Crippen molar-refractivity contribution >= 4 is 21.8 Å². The Morgan fingerprint density at radius 3 is 2.58 bits per heavy atom. The summed E-state index contributed by atoms with van der Waals surface area (Å²) in [6.45, 7) is 8.25. The number of carbonyl (C=O) groups excluding carboxylic acids is 1. The van der Waals surface area contributed by atoms with Crippen molar-refractivity contribution in [2.75, 3.05) is 13.1 Å². The number of aromatic nitrogens is 1. The first kappa shape index (κ1) is 14.6. The molecule has 3 nitrogen and oxygen atoms in total. The van der Waals surface area contributed by atoms with E-state index >= 15 is 0 Å². The smallest absolute Gasteiger partial charge is 0.270 e. The molecule has 0 atom stereocenters. The van der Waals surface area contributed by atoms with Crippen LogP contribution in [0, 0.1) is 5.92 Å². The van der Waals surface area contributed by atoms with E-state index in [4.69, 9.17) is 0 Å². The van der Waals surface area contributed by atoms with Crippen LogP contribution in [-0.2, 0) is 0 Å². The van der Waals surface area contributed by atoms with Crippen LogP contribution in [0.3, 0.4) is 0 Å². The highest BCUT2D eigenvalue weighted by atomic mass is 79.9. The van der Waals surface area contributed by atoms with Crippen LogP contribution in [0.1, 0.15) is 56.6 Å². The van der Waals surface area contributed by atoms with Gasteiger partial charge in [0.2, 0.25) is 0 Å². The summed E-state index contributed by atoms with van der Waals surface area (Å²) in [5.41, 5.74) is 0.803. The molecule has 0 aromatic carbocycles. The number of halogens is 1. The molecule has 1 aliphatic heterocycles. The lowest BCUT2D eigenvalue weighted by Crippen LogP contribution is -2.39. The number of rotatable bonds is 3. The molecule has 1 aromatic heterocycles. The standard InChI is InChI=1S/C15H23BrN2O/c1-4-12-5-7-17(8-6-12)15(19)14-9-13(16)10-18(14)11(2)3/h9-12H,4-8H2,1-3H3. The van der Waals surface area contributed by atoms with Crippen molar-refractivity contribution in [3.63, 3.8) is 0 Å². The maximum absolute atomic E-state index is 12.6. The predicted octanol–water partition coefficient (Wildman–Crippen LogP) is 4.09. The third kappa shape index (κ3) is 3.22. The fourth-order valence-electron chi connectivity index (χ4n) is 2.75. The SMILES string of the molecule is CCC1CCN(C(=O)c2cc(Br)cn2C(C)C)CC1. The number of nitrogens with zero attached hydrogens (tertiary/aromatic N) is 2. The van der Waals surface area contributed by atoms with E-state index in [-0.39, 0.29) is 5.91 Å². The second-order valence-electron chi connectivity index (χ2n) is 5.69. The lowest BCUT2D eigenvalue weighted by molar-refractivity contribution is 0.0676. The van der Waals surface area contributed by atoms with E-state index in [9.17, 15) is 4.79 Å². The van der Waals surface area contributed by atoms with Gasteiger partial charge in [0.05, 0.1) is 0 Å². The Kier molecular flexibility index (Phi) is 4.71. The van der Waals surface area contributed by atoms with Crippen LogP contribution in [0.5, 0.6) is 0 Å². The monoisotopic (exact) mass is 326 g/mol. The minimum Gasteiger partial charge on any atom is -0.340 e. The molecule has 0 aliphatic carbocycles. The maximum atomic E-state index is 12.6. The lowest BCUT2D eigenvalue weighted by Gasteiger charge is -2.32. The third-order valence-corrected chi connectivity index (χ3v) is 4.50. The first-order valence-electron chi connectivity index (χ1n) is 7.19. The average Bonchev–Trinajstić information content (AvgIpc) is 2.80. The quantitative estimate of drug-likeness (QED) is 0.821. The number of hydrogen-bond acceptors (Lipinski definition) is 1. The summed E-state index contributed by atoms with van der Waals surface area (Å²) in [5.74, 6) is 0.974. The van der Waals surface area contributed by atoms with Crippen molar-refractivity contribution < 1.29 is 4.79 Å². The Bertz CT molecular complexity index is 445. The molecule has 2 heterocycles. The topological polar surface area (TPSA) is 25.2 Å². The van der Waals surface area contributed by atoms with Crippen molar-refractivity contribution in [2.24, 2.45) is 5.92 Å². The largest absolute Gasteiger partial charge is 0.340 e. The van der Waals surface area contributed by atoms with Crippen LogP contribution < -0.4 is 0 Å². The Balaban J connectivity index is 2.12. The van der Waals surface area contributed by atoms with Gasteiger partial charge in [-0.05, 0) is 54.6 Å². The number of amides is 1. The summed E-state index contributed by atoms with van der Waals surface area (Å²) in [4.78, 5) is 14.6. The van der Waals surface area contributed by atoms with E-state index in [2.05, 4.69) is 41.3 Å². The van der Waals surface area contributed by atoms with Crippen molar-refractivity contribution in [2.45, 2.75) is 46.1 Å². The van der Waals surface area contributed by atoms with E-state index in [0.29, 0.717) is 6.04 Å². The number of likely N-dealkylation sites (tertiary alicyclic amines) is 1. The van der Waals surface area contributed by atoms with E-state index in [0.717, 1.165) is 42.0 Å². The fraction of sp³-hybridized carbons (Fsp3) is 0.667. The molecule has 19 heavy (non-hydrogen) atoms. The summed E-state index contributed by atoms with van der Waals surface area (Å²) in [7, 11) is 0. The van der Waals surface area contributed by atoms with Crippen LogP contribution in [0.4, 0.5) is 0 Å². The summed E-state index contributed by atoms with van der Waals surface area (Å²) in [5, 5.41) is 0. The molecule has 1 aliphatic rings. The molecule has 1 amide bonds. The molecule has 0 unspecified atom stereocenters. The highest BCUT2D eigenvalue weighted by molar-refractivity contribution is 9.10. The van der Waals surface area contributed by atoms with Gasteiger partial charge in [-0.15, -0.1) is 0 Å². The van der Waals surface area contributed by atoms with Crippen LogP contribution >= 0.6 is 15.9 Å². The first-order chi connectivity index (χ1) is 9.02. The van der Waals surface area contributed by atoms with Gasteiger partial charge in [0.25, 0.3) is 5.91 Å². The van der Waals surface area contributed by atoms with E-state index in [1.54, 1.807) is 0 Å². The minimum atomic E-state index is 0.175. The van der Waals surface area contributed by atoms with Crippen molar-refractivity contribution in [1.29, 1.82) is 0 Å². The second-order valence-corrected chi connectivity index (χ2v) is 6.60. The molecule has 0 spiro atoms. The number of hydrogen-bond donors (Lipinski definition) is 0. The molecule has 4 heteroatoms. The van der Waals surface area contributed by atoms with Gasteiger partial charge in [0, 0.05) is 29.8 Å². The predicted molar refractivity (Wildman–Crippen MR) is 81.4 cm³/mol. The Hall–Kier alpha value is -0.770. The Morgan fingerprint density at radius 2 is 2.05 bits per heavy atom. The van der Waals surface area contributed by atoms with E-state index < -0.39 is 0 Å². The average molecular weight is 327 g/mol. The zero-order valence-electron chi connectivity index (χ0n) is 12.0.